The number of hydrogen-bond acceptors (Lipinski definition) is 8. The van der Waals surface area contributed by atoms with Crippen molar-refractivity contribution in [2.75, 3.05) is 10.3 Å². The molecule has 4 aromatic carbocycles. The molecule has 0 radical (unpaired) electrons. The van der Waals surface area contributed by atoms with Gasteiger partial charge in [-0.25, -0.2) is 9.88 Å². The fraction of sp³-hybridized carbons (Fsp3) is 0.125. The smallest absolute Gasteiger partial charge is 0.274 e. The maximum atomic E-state index is 14.5. The highest BCUT2D eigenvalue weighted by Gasteiger charge is 2.68. The summed E-state index contributed by atoms with van der Waals surface area (Å²) in [4.78, 5) is 45.9. The Bertz CT molecular complexity index is 1980. The molecule has 0 unspecified atom stereocenters. The first kappa shape index (κ1) is 25.8. The standard InChI is InChI=1S/C32H20ClN5O4S/c33-17-13-14-23(24(15-17)38(41)42)37-29(39)27-26-18-7-1-3-9-20(18)32(28(27)30(37)40,21-10-4-2-8-19(21)26)16-34-36-31-35-22-11-5-6-12-25(22)43-31/h1-16,26-28H,(H,35,36)/b34-16-/t26?,27-,28-,32?/m1/s1. The van der Waals surface area contributed by atoms with Gasteiger partial charge in [-0.15, -0.1) is 0 Å². The Morgan fingerprint density at radius 3 is 2.33 bits per heavy atom. The zero-order valence-electron chi connectivity index (χ0n) is 22.2. The number of nitro groups is 1. The summed E-state index contributed by atoms with van der Waals surface area (Å²) < 4.78 is 1.00. The van der Waals surface area contributed by atoms with Crippen LogP contribution in [-0.2, 0) is 15.0 Å². The van der Waals surface area contributed by atoms with Crippen molar-refractivity contribution in [3.8, 4) is 0 Å². The fourth-order valence-electron chi connectivity index (χ4n) is 7.23. The Kier molecular flexibility index (Phi) is 5.56. The largest absolute Gasteiger partial charge is 0.294 e. The zero-order valence-corrected chi connectivity index (χ0v) is 23.8. The molecule has 1 aromatic heterocycles. The SMILES string of the molecule is O=C1[C@@H]2C3c4ccccc4C(/C=N\Nc4nc5ccccc5s4)(c4ccccc43)[C@H]2C(=O)N1c1ccc(Cl)cc1[N+](=O)[O-]. The molecule has 2 heterocycles. The lowest BCUT2D eigenvalue weighted by Crippen LogP contribution is -2.54. The normalized spacial score (nSPS) is 23.5. The highest BCUT2D eigenvalue weighted by atomic mass is 35.5. The van der Waals surface area contributed by atoms with Gasteiger partial charge >= 0.3 is 0 Å². The number of nitrogens with zero attached hydrogens (tertiary/aromatic N) is 4. The number of nitrogens with one attached hydrogen (secondary N) is 1. The lowest BCUT2D eigenvalue weighted by molar-refractivity contribution is -0.384. The van der Waals surface area contributed by atoms with E-state index in [2.05, 4.69) is 15.5 Å². The summed E-state index contributed by atoms with van der Waals surface area (Å²) in [5.41, 5.74) is 5.90. The van der Waals surface area contributed by atoms with Gasteiger partial charge in [0.25, 0.3) is 5.69 Å². The third-order valence-corrected chi connectivity index (χ3v) is 9.96. The van der Waals surface area contributed by atoms with E-state index in [9.17, 15) is 19.7 Å². The first-order valence-electron chi connectivity index (χ1n) is 13.6. The van der Waals surface area contributed by atoms with Crippen molar-refractivity contribution in [3.05, 3.63) is 128 Å². The van der Waals surface area contributed by atoms with Crippen molar-refractivity contribution in [2.24, 2.45) is 16.9 Å². The number of imide groups is 1. The van der Waals surface area contributed by atoms with Gasteiger partial charge in [-0.2, -0.15) is 5.10 Å². The number of benzene rings is 4. The second-order valence-corrected chi connectivity index (χ2v) is 12.3. The second kappa shape index (κ2) is 9.29. The number of aromatic nitrogens is 1. The van der Waals surface area contributed by atoms with E-state index < -0.39 is 45.6 Å². The Morgan fingerprint density at radius 1 is 0.953 bits per heavy atom. The van der Waals surface area contributed by atoms with Crippen LogP contribution in [0.5, 0.6) is 0 Å². The average molecular weight is 606 g/mol. The van der Waals surface area contributed by atoms with Gasteiger partial charge in [0.1, 0.15) is 5.69 Å². The van der Waals surface area contributed by atoms with Crippen LogP contribution in [0.15, 0.2) is 96.1 Å². The number of carbonyl (C=O) groups is 2. The first-order valence-corrected chi connectivity index (χ1v) is 14.8. The number of fused-ring (bicyclic) bond motifs is 1. The summed E-state index contributed by atoms with van der Waals surface area (Å²) in [6, 6.07) is 27.3. The van der Waals surface area contributed by atoms with Crippen LogP contribution in [0.2, 0.25) is 5.02 Å². The highest BCUT2D eigenvalue weighted by molar-refractivity contribution is 7.22. The van der Waals surface area contributed by atoms with Crippen LogP contribution in [0, 0.1) is 22.0 Å². The molecule has 2 amide bonds. The van der Waals surface area contributed by atoms with Crippen LogP contribution in [0.4, 0.5) is 16.5 Å². The van der Waals surface area contributed by atoms with Gasteiger partial charge in [0, 0.05) is 23.2 Å². The molecule has 1 N–H and O–H groups in total. The van der Waals surface area contributed by atoms with Crippen molar-refractivity contribution in [3.63, 3.8) is 0 Å². The van der Waals surface area contributed by atoms with E-state index >= 15 is 0 Å². The van der Waals surface area contributed by atoms with Crippen molar-refractivity contribution in [1.82, 2.24) is 4.98 Å². The molecule has 4 aliphatic rings. The number of halogens is 1. The number of anilines is 2. The Balaban J connectivity index is 1.32. The summed E-state index contributed by atoms with van der Waals surface area (Å²) in [6.07, 6.45) is 1.72. The van der Waals surface area contributed by atoms with Gasteiger partial charge in [0.15, 0.2) is 0 Å². The number of amides is 2. The molecule has 9 rings (SSSR count). The maximum absolute atomic E-state index is 14.5. The topological polar surface area (TPSA) is 118 Å². The fourth-order valence-corrected chi connectivity index (χ4v) is 8.21. The van der Waals surface area contributed by atoms with Crippen molar-refractivity contribution >= 4 is 67.7 Å². The van der Waals surface area contributed by atoms with Crippen molar-refractivity contribution in [2.45, 2.75) is 11.3 Å². The van der Waals surface area contributed by atoms with E-state index in [1.165, 1.54) is 23.5 Å². The minimum absolute atomic E-state index is 0.0917. The molecular formula is C32H20ClN5O4S. The van der Waals surface area contributed by atoms with Crippen LogP contribution in [-0.4, -0.2) is 27.9 Å². The lowest BCUT2D eigenvalue weighted by atomic mass is 9.47. The van der Waals surface area contributed by atoms with Crippen LogP contribution in [0.3, 0.4) is 0 Å². The van der Waals surface area contributed by atoms with E-state index in [1.54, 1.807) is 6.21 Å². The molecule has 210 valence electrons. The van der Waals surface area contributed by atoms with Gasteiger partial charge in [-0.3, -0.25) is 25.1 Å². The Labute approximate surface area is 253 Å². The predicted molar refractivity (Wildman–Crippen MR) is 165 cm³/mol. The molecule has 5 aromatic rings. The summed E-state index contributed by atoms with van der Waals surface area (Å²) >= 11 is 7.53. The summed E-state index contributed by atoms with van der Waals surface area (Å²) in [5, 5.41) is 17.4. The number of para-hydroxylation sites is 1. The molecular weight excluding hydrogens is 586 g/mol. The van der Waals surface area contributed by atoms with Gasteiger partial charge in [0.2, 0.25) is 16.9 Å². The molecule has 11 heteroatoms. The zero-order chi connectivity index (χ0) is 29.5. The van der Waals surface area contributed by atoms with Crippen molar-refractivity contribution in [1.29, 1.82) is 0 Å². The second-order valence-electron chi connectivity index (χ2n) is 10.8. The third-order valence-electron chi connectivity index (χ3n) is 8.78. The summed E-state index contributed by atoms with van der Waals surface area (Å²) in [6.45, 7) is 0. The van der Waals surface area contributed by atoms with Crippen LogP contribution < -0.4 is 10.3 Å². The molecule has 9 nitrogen and oxygen atoms in total. The van der Waals surface area contributed by atoms with Gasteiger partial charge in [0.05, 0.1) is 32.4 Å². The van der Waals surface area contributed by atoms with Gasteiger partial charge in [-0.05, 0) is 46.5 Å². The molecule has 0 spiro atoms. The van der Waals surface area contributed by atoms with E-state index in [1.807, 2.05) is 72.8 Å². The van der Waals surface area contributed by atoms with E-state index in [-0.39, 0.29) is 10.7 Å². The number of carbonyl (C=O) groups excluding carboxylic acids is 2. The van der Waals surface area contributed by atoms with E-state index in [0.29, 0.717) is 5.13 Å². The molecule has 2 atom stereocenters. The summed E-state index contributed by atoms with van der Waals surface area (Å²) in [7, 11) is 0. The molecule has 2 bridgehead atoms. The summed E-state index contributed by atoms with van der Waals surface area (Å²) in [5.74, 6) is -3.07. The lowest BCUT2D eigenvalue weighted by Gasteiger charge is -2.52. The van der Waals surface area contributed by atoms with Crippen molar-refractivity contribution < 1.29 is 14.5 Å². The quantitative estimate of drug-likeness (QED) is 0.106. The molecule has 3 aliphatic carbocycles. The monoisotopic (exact) mass is 605 g/mol. The Hall–Kier alpha value is -4.93. The van der Waals surface area contributed by atoms with E-state index in [0.717, 1.165) is 43.4 Å². The van der Waals surface area contributed by atoms with Crippen LogP contribution >= 0.6 is 22.9 Å². The molecule has 1 fully saturated rings. The van der Waals surface area contributed by atoms with Crippen LogP contribution in [0.1, 0.15) is 28.2 Å². The number of hydrogen-bond donors (Lipinski definition) is 1. The molecule has 1 aliphatic heterocycles. The average Bonchev–Trinajstić information content (AvgIpc) is 3.55. The number of rotatable bonds is 5. The molecule has 1 saturated heterocycles. The minimum Gasteiger partial charge on any atom is -0.274 e. The number of thiazole rings is 1. The molecule has 43 heavy (non-hydrogen) atoms. The number of hydrazone groups is 1. The van der Waals surface area contributed by atoms with Gasteiger partial charge in [-0.1, -0.05) is 83.6 Å². The van der Waals surface area contributed by atoms with Crippen LogP contribution in [0.25, 0.3) is 10.2 Å². The van der Waals surface area contributed by atoms with E-state index in [4.69, 9.17) is 11.6 Å². The highest BCUT2D eigenvalue weighted by Crippen LogP contribution is 2.64. The number of nitro benzene ring substituents is 1. The predicted octanol–water partition coefficient (Wildman–Crippen LogP) is 6.51. The minimum atomic E-state index is -1.13. The van der Waals surface area contributed by atoms with Gasteiger partial charge < -0.3 is 0 Å². The first-order chi connectivity index (χ1) is 20.9. The third kappa shape index (κ3) is 3.50. The maximum Gasteiger partial charge on any atom is 0.294 e. The Morgan fingerprint density at radius 2 is 1.63 bits per heavy atom. The molecule has 0 saturated carbocycles.